The first-order chi connectivity index (χ1) is 7.18. The van der Waals surface area contributed by atoms with Gasteiger partial charge in [-0.2, -0.15) is 0 Å². The van der Waals surface area contributed by atoms with Gasteiger partial charge in [-0.15, -0.1) is 0 Å². The highest BCUT2D eigenvalue weighted by Gasteiger charge is 2.29. The predicted octanol–water partition coefficient (Wildman–Crippen LogP) is 0.584. The van der Waals surface area contributed by atoms with Crippen LogP contribution in [0, 0.1) is 0 Å². The number of nitrogens with zero attached hydrogens (tertiary/aromatic N) is 3. The minimum Gasteiger partial charge on any atom is -0.368 e. The lowest BCUT2D eigenvalue weighted by molar-refractivity contribution is -0.119. The highest BCUT2D eigenvalue weighted by Crippen LogP contribution is 2.24. The van der Waals surface area contributed by atoms with E-state index >= 15 is 0 Å². The Labute approximate surface area is 92.3 Å². The largest absolute Gasteiger partial charge is 0.368 e. The Morgan fingerprint density at radius 1 is 1.60 bits per heavy atom. The van der Waals surface area contributed by atoms with E-state index in [-0.39, 0.29) is 11.9 Å². The molecule has 1 aliphatic heterocycles. The molecule has 1 aromatic rings. The van der Waals surface area contributed by atoms with Gasteiger partial charge >= 0.3 is 0 Å². The lowest BCUT2D eigenvalue weighted by Crippen LogP contribution is -2.40. The number of aromatic nitrogens is 2. The molecule has 0 aliphatic carbocycles. The summed E-state index contributed by atoms with van der Waals surface area (Å²) in [7, 11) is 0. The minimum absolute atomic E-state index is 0.268. The molecule has 6 heteroatoms. The molecular formula is C9H11ClN4O. The fourth-order valence-electron chi connectivity index (χ4n) is 1.82. The summed E-state index contributed by atoms with van der Waals surface area (Å²) in [4.78, 5) is 20.9. The van der Waals surface area contributed by atoms with Crippen LogP contribution in [-0.4, -0.2) is 28.5 Å². The zero-order valence-electron chi connectivity index (χ0n) is 8.06. The summed E-state index contributed by atoms with van der Waals surface area (Å²) in [5, 5.41) is 0.370. The summed E-state index contributed by atoms with van der Waals surface area (Å²) >= 11 is 5.76. The van der Waals surface area contributed by atoms with Gasteiger partial charge in [0.1, 0.15) is 23.3 Å². The number of carbonyl (C=O) groups is 1. The average Bonchev–Trinajstić information content (AvgIpc) is 2.65. The molecule has 2 heterocycles. The molecule has 0 unspecified atom stereocenters. The van der Waals surface area contributed by atoms with Gasteiger partial charge in [0.15, 0.2) is 0 Å². The first-order valence-corrected chi connectivity index (χ1v) is 5.10. The molecule has 1 atom stereocenters. The van der Waals surface area contributed by atoms with Crippen molar-refractivity contribution in [1.82, 2.24) is 9.97 Å². The van der Waals surface area contributed by atoms with Gasteiger partial charge in [0.25, 0.3) is 0 Å². The maximum atomic E-state index is 11.2. The topological polar surface area (TPSA) is 72.1 Å². The van der Waals surface area contributed by atoms with E-state index in [1.54, 1.807) is 6.07 Å². The van der Waals surface area contributed by atoms with Gasteiger partial charge in [-0.1, -0.05) is 11.6 Å². The first kappa shape index (κ1) is 10.2. The SMILES string of the molecule is NC(=O)[C@H]1CCCN1c1cc(Cl)ncn1. The lowest BCUT2D eigenvalue weighted by atomic mass is 10.2. The zero-order chi connectivity index (χ0) is 10.8. The van der Waals surface area contributed by atoms with Crippen molar-refractivity contribution in [3.8, 4) is 0 Å². The number of anilines is 1. The minimum atomic E-state index is -0.317. The van der Waals surface area contributed by atoms with Crippen molar-refractivity contribution in [2.75, 3.05) is 11.4 Å². The van der Waals surface area contributed by atoms with Crippen LogP contribution in [-0.2, 0) is 4.79 Å². The number of hydrogen-bond acceptors (Lipinski definition) is 4. The Morgan fingerprint density at radius 3 is 3.07 bits per heavy atom. The summed E-state index contributed by atoms with van der Waals surface area (Å²) in [6, 6.07) is 1.37. The monoisotopic (exact) mass is 226 g/mol. The van der Waals surface area contributed by atoms with Gasteiger partial charge in [-0.3, -0.25) is 4.79 Å². The van der Waals surface area contributed by atoms with Crippen LogP contribution in [0.4, 0.5) is 5.82 Å². The highest BCUT2D eigenvalue weighted by molar-refractivity contribution is 6.29. The number of amides is 1. The molecule has 0 spiro atoms. The van der Waals surface area contributed by atoms with E-state index in [1.165, 1.54) is 6.33 Å². The Balaban J connectivity index is 2.26. The van der Waals surface area contributed by atoms with Gasteiger partial charge in [0.05, 0.1) is 0 Å². The summed E-state index contributed by atoms with van der Waals surface area (Å²) in [5.41, 5.74) is 5.31. The molecule has 80 valence electrons. The number of primary amides is 1. The molecule has 15 heavy (non-hydrogen) atoms. The first-order valence-electron chi connectivity index (χ1n) is 4.72. The second-order valence-corrected chi connectivity index (χ2v) is 3.84. The molecule has 5 nitrogen and oxygen atoms in total. The van der Waals surface area contributed by atoms with Gasteiger partial charge in [0, 0.05) is 12.6 Å². The van der Waals surface area contributed by atoms with E-state index in [0.29, 0.717) is 11.0 Å². The molecule has 0 radical (unpaired) electrons. The molecular weight excluding hydrogens is 216 g/mol. The van der Waals surface area contributed by atoms with E-state index < -0.39 is 0 Å². The van der Waals surface area contributed by atoms with Crippen LogP contribution in [0.1, 0.15) is 12.8 Å². The third kappa shape index (κ3) is 2.02. The highest BCUT2D eigenvalue weighted by atomic mass is 35.5. The van der Waals surface area contributed by atoms with E-state index in [9.17, 15) is 4.79 Å². The van der Waals surface area contributed by atoms with E-state index in [0.717, 1.165) is 19.4 Å². The molecule has 0 bridgehead atoms. The summed E-state index contributed by atoms with van der Waals surface area (Å²) in [6.45, 7) is 0.779. The summed E-state index contributed by atoms with van der Waals surface area (Å²) < 4.78 is 0. The number of rotatable bonds is 2. The van der Waals surface area contributed by atoms with Crippen LogP contribution in [0.3, 0.4) is 0 Å². The molecule has 0 saturated carbocycles. The molecule has 1 aromatic heterocycles. The number of carbonyl (C=O) groups excluding carboxylic acids is 1. The van der Waals surface area contributed by atoms with Crippen molar-refractivity contribution < 1.29 is 4.79 Å². The third-order valence-corrected chi connectivity index (χ3v) is 2.70. The van der Waals surface area contributed by atoms with Crippen LogP contribution in [0.2, 0.25) is 5.15 Å². The number of nitrogens with two attached hydrogens (primary N) is 1. The van der Waals surface area contributed by atoms with Gasteiger partial charge < -0.3 is 10.6 Å². The van der Waals surface area contributed by atoms with Crippen molar-refractivity contribution in [3.05, 3.63) is 17.5 Å². The smallest absolute Gasteiger partial charge is 0.240 e. The van der Waals surface area contributed by atoms with E-state index in [4.69, 9.17) is 17.3 Å². The zero-order valence-corrected chi connectivity index (χ0v) is 8.81. The van der Waals surface area contributed by atoms with Crippen molar-refractivity contribution in [2.45, 2.75) is 18.9 Å². The van der Waals surface area contributed by atoms with Crippen LogP contribution < -0.4 is 10.6 Å². The summed E-state index contributed by atoms with van der Waals surface area (Å²) in [5.74, 6) is 0.346. The number of hydrogen-bond donors (Lipinski definition) is 1. The second-order valence-electron chi connectivity index (χ2n) is 3.45. The van der Waals surface area contributed by atoms with Crippen molar-refractivity contribution >= 4 is 23.3 Å². The fraction of sp³-hybridized carbons (Fsp3) is 0.444. The van der Waals surface area contributed by atoms with Gasteiger partial charge in [-0.05, 0) is 12.8 Å². The van der Waals surface area contributed by atoms with Crippen molar-refractivity contribution in [2.24, 2.45) is 5.73 Å². The fourth-order valence-corrected chi connectivity index (χ4v) is 1.96. The third-order valence-electron chi connectivity index (χ3n) is 2.49. The molecule has 1 fully saturated rings. The number of halogens is 1. The van der Waals surface area contributed by atoms with Gasteiger partial charge in [0.2, 0.25) is 5.91 Å². The maximum absolute atomic E-state index is 11.2. The normalized spacial score (nSPS) is 20.6. The quantitative estimate of drug-likeness (QED) is 0.749. The van der Waals surface area contributed by atoms with Gasteiger partial charge in [-0.25, -0.2) is 9.97 Å². The standard InChI is InChI=1S/C9H11ClN4O/c10-7-4-8(13-5-12-7)14-3-1-2-6(14)9(11)15/h4-6H,1-3H2,(H2,11,15)/t6-/m1/s1. The molecule has 0 aromatic carbocycles. The lowest BCUT2D eigenvalue weighted by Gasteiger charge is -2.22. The van der Waals surface area contributed by atoms with Crippen LogP contribution in [0.15, 0.2) is 12.4 Å². The predicted molar refractivity (Wildman–Crippen MR) is 56.6 cm³/mol. The Morgan fingerprint density at radius 2 is 2.40 bits per heavy atom. The van der Waals surface area contributed by atoms with Crippen molar-refractivity contribution in [1.29, 1.82) is 0 Å². The second kappa shape index (κ2) is 4.02. The van der Waals surface area contributed by atoms with Crippen molar-refractivity contribution in [3.63, 3.8) is 0 Å². The van der Waals surface area contributed by atoms with Crippen LogP contribution >= 0.6 is 11.6 Å². The molecule has 1 aliphatic rings. The van der Waals surface area contributed by atoms with Crippen LogP contribution in [0.25, 0.3) is 0 Å². The molecule has 1 amide bonds. The Kier molecular flexibility index (Phi) is 2.73. The molecule has 2 N–H and O–H groups in total. The molecule has 2 rings (SSSR count). The van der Waals surface area contributed by atoms with E-state index in [2.05, 4.69) is 9.97 Å². The maximum Gasteiger partial charge on any atom is 0.240 e. The summed E-state index contributed by atoms with van der Waals surface area (Å²) in [6.07, 6.45) is 3.10. The molecule has 1 saturated heterocycles. The average molecular weight is 227 g/mol. The van der Waals surface area contributed by atoms with Crippen LogP contribution in [0.5, 0.6) is 0 Å². The Bertz CT molecular complexity index is 384. The Hall–Kier alpha value is -1.36. The van der Waals surface area contributed by atoms with E-state index in [1.807, 2.05) is 4.90 Å².